The van der Waals surface area contributed by atoms with Crippen molar-refractivity contribution in [2.24, 2.45) is 5.92 Å². The van der Waals surface area contributed by atoms with Gasteiger partial charge in [-0.3, -0.25) is 4.79 Å². The van der Waals surface area contributed by atoms with Crippen LogP contribution >= 0.6 is 11.3 Å². The highest BCUT2D eigenvalue weighted by Gasteiger charge is 2.14. The van der Waals surface area contributed by atoms with Gasteiger partial charge in [-0.2, -0.15) is 0 Å². The minimum Gasteiger partial charge on any atom is -0.487 e. The molecule has 1 amide bonds. The van der Waals surface area contributed by atoms with E-state index in [1.165, 1.54) is 12.8 Å². The van der Waals surface area contributed by atoms with Gasteiger partial charge in [-0.15, -0.1) is 11.3 Å². The molecule has 1 aromatic heterocycles. The third kappa shape index (κ3) is 4.79. The molecule has 0 bridgehead atoms. The van der Waals surface area contributed by atoms with E-state index in [2.05, 4.69) is 15.6 Å². The fraction of sp³-hybridized carbons (Fsp3) is 0.444. The molecule has 2 N–H and O–H groups in total. The molecular formula is C18H23N3O2S. The number of nitrogens with zero attached hydrogens (tertiary/aromatic N) is 1. The third-order valence-electron chi connectivity index (χ3n) is 4.10. The van der Waals surface area contributed by atoms with Gasteiger partial charge in [0, 0.05) is 17.5 Å². The Morgan fingerprint density at radius 2 is 2.42 bits per heavy atom. The van der Waals surface area contributed by atoms with Gasteiger partial charge in [-0.1, -0.05) is 6.07 Å². The second kappa shape index (κ2) is 8.26. The highest BCUT2D eigenvalue weighted by molar-refractivity contribution is 7.09. The number of rotatable bonds is 6. The van der Waals surface area contributed by atoms with Crippen LogP contribution in [0.2, 0.25) is 0 Å². The summed E-state index contributed by atoms with van der Waals surface area (Å²) in [6.07, 6.45) is 2.35. The van der Waals surface area contributed by atoms with Crippen molar-refractivity contribution in [1.82, 2.24) is 15.6 Å². The zero-order valence-corrected chi connectivity index (χ0v) is 14.7. The van der Waals surface area contributed by atoms with Crippen LogP contribution in [0.4, 0.5) is 0 Å². The Balaban J connectivity index is 1.52. The highest BCUT2D eigenvalue weighted by Crippen LogP contribution is 2.16. The molecule has 24 heavy (non-hydrogen) atoms. The molecule has 128 valence electrons. The van der Waals surface area contributed by atoms with Crippen LogP contribution in [0.1, 0.15) is 33.9 Å². The molecule has 1 unspecified atom stereocenters. The maximum absolute atomic E-state index is 12.3. The molecule has 1 atom stereocenters. The lowest BCUT2D eigenvalue weighted by molar-refractivity contribution is 0.0944. The number of nitrogens with one attached hydrogen (secondary N) is 2. The Morgan fingerprint density at radius 3 is 3.17 bits per heavy atom. The van der Waals surface area contributed by atoms with E-state index in [9.17, 15) is 4.79 Å². The van der Waals surface area contributed by atoms with E-state index in [0.717, 1.165) is 30.3 Å². The van der Waals surface area contributed by atoms with Crippen LogP contribution in [0, 0.1) is 12.8 Å². The predicted molar refractivity (Wildman–Crippen MR) is 95.6 cm³/mol. The normalized spacial score (nSPS) is 17.5. The number of aryl methyl sites for hydroxylation is 1. The molecule has 2 heterocycles. The van der Waals surface area contributed by atoms with Crippen molar-refractivity contribution in [3.05, 3.63) is 45.9 Å². The monoisotopic (exact) mass is 345 g/mol. The summed E-state index contributed by atoms with van der Waals surface area (Å²) in [5.41, 5.74) is 1.54. The lowest BCUT2D eigenvalue weighted by Gasteiger charge is -2.22. The summed E-state index contributed by atoms with van der Waals surface area (Å²) in [6.45, 7) is 5.18. The SMILES string of the molecule is Cc1nc(COc2cccc(C(=O)NCC3CCCNC3)c2)cs1. The number of amides is 1. The van der Waals surface area contributed by atoms with Gasteiger partial charge in [0.2, 0.25) is 0 Å². The van der Waals surface area contributed by atoms with Crippen molar-refractivity contribution in [3.8, 4) is 5.75 Å². The van der Waals surface area contributed by atoms with E-state index in [4.69, 9.17) is 4.74 Å². The first-order chi connectivity index (χ1) is 11.7. The largest absolute Gasteiger partial charge is 0.487 e. The van der Waals surface area contributed by atoms with E-state index in [1.807, 2.05) is 30.5 Å². The maximum atomic E-state index is 12.3. The van der Waals surface area contributed by atoms with E-state index in [1.54, 1.807) is 17.4 Å². The van der Waals surface area contributed by atoms with Crippen molar-refractivity contribution < 1.29 is 9.53 Å². The summed E-state index contributed by atoms with van der Waals surface area (Å²) in [7, 11) is 0. The topological polar surface area (TPSA) is 63.2 Å². The Labute approximate surface area is 146 Å². The molecule has 1 aromatic carbocycles. The molecule has 3 rings (SSSR count). The van der Waals surface area contributed by atoms with E-state index in [0.29, 0.717) is 23.8 Å². The second-order valence-corrected chi connectivity index (χ2v) is 7.16. The standard InChI is InChI=1S/C18H23N3O2S/c1-13-21-16(12-24-13)11-23-17-6-2-5-15(8-17)18(22)20-10-14-4-3-7-19-9-14/h2,5-6,8,12,14,19H,3-4,7,9-11H2,1H3,(H,20,22). The van der Waals surface area contributed by atoms with Crippen LogP contribution < -0.4 is 15.4 Å². The Bertz CT molecular complexity index is 680. The van der Waals surface area contributed by atoms with Gasteiger partial charge in [0.15, 0.2) is 0 Å². The maximum Gasteiger partial charge on any atom is 0.251 e. The number of benzene rings is 1. The predicted octanol–water partition coefficient (Wildman–Crippen LogP) is 2.76. The molecule has 2 aromatic rings. The van der Waals surface area contributed by atoms with Gasteiger partial charge in [0.25, 0.3) is 5.91 Å². The minimum absolute atomic E-state index is 0.0458. The zero-order chi connectivity index (χ0) is 16.8. The van der Waals surface area contributed by atoms with E-state index in [-0.39, 0.29) is 5.91 Å². The number of hydrogen-bond acceptors (Lipinski definition) is 5. The van der Waals surface area contributed by atoms with Crippen molar-refractivity contribution in [2.75, 3.05) is 19.6 Å². The molecule has 1 fully saturated rings. The van der Waals surface area contributed by atoms with Crippen LogP contribution in [0.3, 0.4) is 0 Å². The smallest absolute Gasteiger partial charge is 0.251 e. The van der Waals surface area contributed by atoms with Gasteiger partial charge >= 0.3 is 0 Å². The fourth-order valence-corrected chi connectivity index (χ4v) is 3.39. The van der Waals surface area contributed by atoms with Crippen molar-refractivity contribution in [3.63, 3.8) is 0 Å². The number of ether oxygens (including phenoxy) is 1. The van der Waals surface area contributed by atoms with Crippen LogP contribution in [0.25, 0.3) is 0 Å². The number of aromatic nitrogens is 1. The average Bonchev–Trinajstić information content (AvgIpc) is 3.04. The van der Waals surface area contributed by atoms with Gasteiger partial charge < -0.3 is 15.4 Å². The van der Waals surface area contributed by atoms with E-state index >= 15 is 0 Å². The Kier molecular flexibility index (Phi) is 5.82. The fourth-order valence-electron chi connectivity index (χ4n) is 2.80. The van der Waals surface area contributed by atoms with Crippen molar-refractivity contribution in [1.29, 1.82) is 0 Å². The third-order valence-corrected chi connectivity index (χ3v) is 4.92. The Hall–Kier alpha value is -1.92. The number of carbonyl (C=O) groups is 1. The summed E-state index contributed by atoms with van der Waals surface area (Å²) in [4.78, 5) is 16.7. The Morgan fingerprint density at radius 1 is 1.50 bits per heavy atom. The highest BCUT2D eigenvalue weighted by atomic mass is 32.1. The molecule has 0 aliphatic carbocycles. The van der Waals surface area contributed by atoms with E-state index < -0.39 is 0 Å². The quantitative estimate of drug-likeness (QED) is 0.845. The zero-order valence-electron chi connectivity index (χ0n) is 13.9. The van der Waals surface area contributed by atoms with Crippen molar-refractivity contribution >= 4 is 17.2 Å². The first kappa shape index (κ1) is 16.9. The lowest BCUT2D eigenvalue weighted by atomic mass is 9.99. The molecule has 0 saturated carbocycles. The summed E-state index contributed by atoms with van der Waals surface area (Å²) < 4.78 is 5.74. The molecular weight excluding hydrogens is 322 g/mol. The first-order valence-corrected chi connectivity index (χ1v) is 9.21. The number of carbonyl (C=O) groups excluding carboxylic acids is 1. The van der Waals surface area contributed by atoms with Crippen LogP contribution in [-0.2, 0) is 6.61 Å². The van der Waals surface area contributed by atoms with Crippen LogP contribution in [0.5, 0.6) is 5.75 Å². The lowest BCUT2D eigenvalue weighted by Crippen LogP contribution is -2.38. The molecule has 1 saturated heterocycles. The van der Waals surface area contributed by atoms with Gasteiger partial charge in [-0.25, -0.2) is 4.98 Å². The summed E-state index contributed by atoms with van der Waals surface area (Å²) in [5.74, 6) is 1.17. The molecule has 0 radical (unpaired) electrons. The number of hydrogen-bond donors (Lipinski definition) is 2. The first-order valence-electron chi connectivity index (χ1n) is 8.33. The minimum atomic E-state index is -0.0458. The van der Waals surface area contributed by atoms with Crippen molar-refractivity contribution in [2.45, 2.75) is 26.4 Å². The van der Waals surface area contributed by atoms with Gasteiger partial charge in [0.1, 0.15) is 12.4 Å². The number of piperidine rings is 1. The second-order valence-electron chi connectivity index (χ2n) is 6.10. The molecule has 6 heteroatoms. The molecule has 1 aliphatic rings. The summed E-state index contributed by atoms with van der Waals surface area (Å²) in [6, 6.07) is 7.31. The molecule has 0 spiro atoms. The van der Waals surface area contributed by atoms with Crippen LogP contribution in [-0.4, -0.2) is 30.5 Å². The van der Waals surface area contributed by atoms with Crippen LogP contribution in [0.15, 0.2) is 29.6 Å². The summed E-state index contributed by atoms with van der Waals surface area (Å²) in [5, 5.41) is 9.41. The summed E-state index contributed by atoms with van der Waals surface area (Å²) >= 11 is 1.61. The average molecular weight is 345 g/mol. The molecule has 1 aliphatic heterocycles. The van der Waals surface area contributed by atoms with Gasteiger partial charge in [0.05, 0.1) is 10.7 Å². The van der Waals surface area contributed by atoms with Gasteiger partial charge in [-0.05, 0) is 57.0 Å². The molecule has 5 nitrogen and oxygen atoms in total. The number of thiazole rings is 1.